The maximum absolute atomic E-state index is 13.4. The van der Waals surface area contributed by atoms with Crippen molar-refractivity contribution in [3.8, 4) is 5.69 Å². The van der Waals surface area contributed by atoms with Crippen molar-refractivity contribution in [2.75, 3.05) is 20.3 Å². The lowest BCUT2D eigenvalue weighted by atomic mass is 10.1. The highest BCUT2D eigenvalue weighted by atomic mass is 16.5. The Morgan fingerprint density at radius 2 is 1.84 bits per heavy atom. The van der Waals surface area contributed by atoms with Crippen molar-refractivity contribution >= 4 is 22.6 Å². The SMILES string of the molecule is COCCCNC(=O)c1cc2c(=O)n3cc(C)ccc3nc2n(-c2ccc(C)cc2)c1=N. The first-order chi connectivity index (χ1) is 15.4. The monoisotopic (exact) mass is 431 g/mol. The van der Waals surface area contributed by atoms with E-state index in [1.807, 2.05) is 44.2 Å². The topological polar surface area (TPSA) is 101 Å². The van der Waals surface area contributed by atoms with Crippen molar-refractivity contribution in [1.29, 1.82) is 5.41 Å². The zero-order chi connectivity index (χ0) is 22.8. The van der Waals surface area contributed by atoms with E-state index in [2.05, 4.69) is 10.3 Å². The number of fused-ring (bicyclic) bond motifs is 2. The van der Waals surface area contributed by atoms with Crippen molar-refractivity contribution < 1.29 is 9.53 Å². The number of rotatable bonds is 6. The third-order valence-electron chi connectivity index (χ3n) is 5.31. The van der Waals surface area contributed by atoms with Gasteiger partial charge in [0.2, 0.25) is 0 Å². The van der Waals surface area contributed by atoms with Gasteiger partial charge in [-0.05, 0) is 50.1 Å². The van der Waals surface area contributed by atoms with Crippen LogP contribution in [0.15, 0.2) is 53.5 Å². The summed E-state index contributed by atoms with van der Waals surface area (Å²) < 4.78 is 8.05. The van der Waals surface area contributed by atoms with Gasteiger partial charge < -0.3 is 10.1 Å². The molecule has 3 aromatic heterocycles. The number of aromatic nitrogens is 3. The van der Waals surface area contributed by atoms with Gasteiger partial charge in [0.1, 0.15) is 11.1 Å². The van der Waals surface area contributed by atoms with Crippen LogP contribution in [0.3, 0.4) is 0 Å². The van der Waals surface area contributed by atoms with Gasteiger partial charge in [0.15, 0.2) is 5.65 Å². The van der Waals surface area contributed by atoms with E-state index in [4.69, 9.17) is 10.1 Å². The van der Waals surface area contributed by atoms with Crippen LogP contribution >= 0.6 is 0 Å². The first kappa shape index (κ1) is 21.5. The van der Waals surface area contributed by atoms with Crippen LogP contribution in [0.4, 0.5) is 0 Å². The van der Waals surface area contributed by atoms with E-state index in [0.29, 0.717) is 36.6 Å². The summed E-state index contributed by atoms with van der Waals surface area (Å²) in [5.41, 5.74) is 3.24. The zero-order valence-corrected chi connectivity index (χ0v) is 18.3. The van der Waals surface area contributed by atoms with Crippen molar-refractivity contribution in [1.82, 2.24) is 19.3 Å². The molecule has 4 rings (SSSR count). The maximum atomic E-state index is 13.4. The second kappa shape index (κ2) is 8.76. The van der Waals surface area contributed by atoms with Crippen LogP contribution in [-0.2, 0) is 4.74 Å². The molecule has 8 nitrogen and oxygen atoms in total. The first-order valence-electron chi connectivity index (χ1n) is 10.4. The highest BCUT2D eigenvalue weighted by molar-refractivity contribution is 5.97. The number of pyridine rings is 2. The second-order valence-electron chi connectivity index (χ2n) is 7.77. The summed E-state index contributed by atoms with van der Waals surface area (Å²) in [7, 11) is 1.60. The maximum Gasteiger partial charge on any atom is 0.267 e. The van der Waals surface area contributed by atoms with Gasteiger partial charge in [-0.3, -0.25) is 24.0 Å². The van der Waals surface area contributed by atoms with Crippen LogP contribution in [0.25, 0.3) is 22.4 Å². The molecule has 164 valence electrons. The molecule has 1 aromatic carbocycles. The Bertz CT molecular complexity index is 1440. The van der Waals surface area contributed by atoms with E-state index in [1.54, 1.807) is 23.9 Å². The van der Waals surface area contributed by atoms with E-state index in [-0.39, 0.29) is 22.0 Å². The minimum absolute atomic E-state index is 0.0334. The van der Waals surface area contributed by atoms with Crippen molar-refractivity contribution in [3.63, 3.8) is 0 Å². The summed E-state index contributed by atoms with van der Waals surface area (Å²) in [6, 6.07) is 12.7. The quantitative estimate of drug-likeness (QED) is 0.362. The van der Waals surface area contributed by atoms with Crippen LogP contribution < -0.4 is 16.4 Å². The molecular weight excluding hydrogens is 406 g/mol. The number of ether oxygens (including phenoxy) is 1. The normalized spacial score (nSPS) is 11.2. The van der Waals surface area contributed by atoms with Gasteiger partial charge in [-0.25, -0.2) is 4.98 Å². The van der Waals surface area contributed by atoms with Crippen LogP contribution in [0.2, 0.25) is 0 Å². The number of nitrogens with one attached hydrogen (secondary N) is 2. The highest BCUT2D eigenvalue weighted by Crippen LogP contribution is 2.16. The molecule has 3 heterocycles. The number of amides is 1. The predicted octanol–water partition coefficient (Wildman–Crippen LogP) is 2.50. The molecule has 8 heteroatoms. The second-order valence-corrected chi connectivity index (χ2v) is 7.77. The van der Waals surface area contributed by atoms with Crippen molar-refractivity contribution in [2.45, 2.75) is 20.3 Å². The Morgan fingerprint density at radius 1 is 1.12 bits per heavy atom. The lowest BCUT2D eigenvalue weighted by Gasteiger charge is -2.15. The third-order valence-corrected chi connectivity index (χ3v) is 5.31. The average Bonchev–Trinajstić information content (AvgIpc) is 2.78. The fourth-order valence-electron chi connectivity index (χ4n) is 3.61. The number of hydrogen-bond acceptors (Lipinski definition) is 5. The van der Waals surface area contributed by atoms with Crippen LogP contribution in [-0.4, -0.2) is 40.1 Å². The lowest BCUT2D eigenvalue weighted by molar-refractivity contribution is 0.0946. The van der Waals surface area contributed by atoms with Crippen LogP contribution in [0.5, 0.6) is 0 Å². The molecule has 0 spiro atoms. The van der Waals surface area contributed by atoms with E-state index in [0.717, 1.165) is 11.1 Å². The molecule has 0 aliphatic carbocycles. The smallest absolute Gasteiger partial charge is 0.267 e. The number of aryl methyl sites for hydroxylation is 2. The Balaban J connectivity index is 2.00. The third kappa shape index (κ3) is 3.92. The van der Waals surface area contributed by atoms with Gasteiger partial charge >= 0.3 is 0 Å². The standard InChI is InChI=1S/C24H25N5O3/c1-15-5-8-17(9-6-15)29-21(25)18(23(30)26-11-4-12-32-3)13-19-22(29)27-20-10-7-16(2)14-28(20)24(19)31/h5-10,13-14,25H,4,11-12H2,1-3H3,(H,26,30). The van der Waals surface area contributed by atoms with Gasteiger partial charge in [-0.2, -0.15) is 0 Å². The zero-order valence-electron chi connectivity index (χ0n) is 18.3. The van der Waals surface area contributed by atoms with Gasteiger partial charge in [-0.1, -0.05) is 23.8 Å². The Hall–Kier alpha value is -3.78. The Morgan fingerprint density at radius 3 is 2.56 bits per heavy atom. The summed E-state index contributed by atoms with van der Waals surface area (Å²) in [4.78, 5) is 31.0. The van der Waals surface area contributed by atoms with Gasteiger partial charge in [-0.15, -0.1) is 0 Å². The minimum Gasteiger partial charge on any atom is -0.385 e. The van der Waals surface area contributed by atoms with E-state index in [9.17, 15) is 9.59 Å². The first-order valence-corrected chi connectivity index (χ1v) is 10.4. The van der Waals surface area contributed by atoms with Crippen molar-refractivity contribution in [3.05, 3.63) is 81.2 Å². The molecular formula is C24H25N5O3. The summed E-state index contributed by atoms with van der Waals surface area (Å²) in [6.07, 6.45) is 2.37. The molecule has 32 heavy (non-hydrogen) atoms. The Labute approximate surface area is 184 Å². The number of hydrogen-bond donors (Lipinski definition) is 2. The molecule has 0 saturated heterocycles. The fourth-order valence-corrected chi connectivity index (χ4v) is 3.61. The van der Waals surface area contributed by atoms with Crippen molar-refractivity contribution in [2.24, 2.45) is 0 Å². The predicted molar refractivity (Wildman–Crippen MR) is 122 cm³/mol. The van der Waals surface area contributed by atoms with Crippen LogP contribution in [0, 0.1) is 19.3 Å². The number of nitrogens with zero attached hydrogens (tertiary/aromatic N) is 3. The molecule has 4 aromatic rings. The average molecular weight is 431 g/mol. The molecule has 1 amide bonds. The summed E-state index contributed by atoms with van der Waals surface area (Å²) in [5, 5.41) is 11.9. The fraction of sp³-hybridized carbons (Fsp3) is 0.250. The molecule has 0 radical (unpaired) electrons. The summed E-state index contributed by atoms with van der Waals surface area (Å²) in [6.45, 7) is 4.79. The molecule has 0 bridgehead atoms. The van der Waals surface area contributed by atoms with E-state index in [1.165, 1.54) is 10.5 Å². The van der Waals surface area contributed by atoms with E-state index < -0.39 is 5.91 Å². The summed E-state index contributed by atoms with van der Waals surface area (Å²) in [5.74, 6) is -0.414. The highest BCUT2D eigenvalue weighted by Gasteiger charge is 2.18. The molecule has 0 unspecified atom stereocenters. The largest absolute Gasteiger partial charge is 0.385 e. The number of carbonyl (C=O) groups is 1. The molecule has 0 aliphatic heterocycles. The number of carbonyl (C=O) groups excluding carboxylic acids is 1. The molecule has 0 atom stereocenters. The van der Waals surface area contributed by atoms with Gasteiger partial charge in [0.25, 0.3) is 11.5 Å². The molecule has 0 saturated carbocycles. The molecule has 0 aliphatic rings. The Kier molecular flexibility index (Phi) is 5.87. The summed E-state index contributed by atoms with van der Waals surface area (Å²) >= 11 is 0. The van der Waals surface area contributed by atoms with Gasteiger partial charge in [0, 0.05) is 32.1 Å². The number of benzene rings is 1. The number of methoxy groups -OCH3 is 1. The van der Waals surface area contributed by atoms with Gasteiger partial charge in [0.05, 0.1) is 10.9 Å². The molecule has 2 N–H and O–H groups in total. The lowest BCUT2D eigenvalue weighted by Crippen LogP contribution is -2.35. The molecule has 0 fully saturated rings. The van der Waals surface area contributed by atoms with E-state index >= 15 is 0 Å². The van der Waals surface area contributed by atoms with Crippen LogP contribution in [0.1, 0.15) is 27.9 Å². The minimum atomic E-state index is -0.414.